The molecule has 0 aliphatic heterocycles. The van der Waals surface area contributed by atoms with Crippen molar-refractivity contribution in [3.8, 4) is 0 Å². The minimum absolute atomic E-state index is 0.0176. The van der Waals surface area contributed by atoms with E-state index in [9.17, 15) is 9.59 Å². The van der Waals surface area contributed by atoms with Crippen molar-refractivity contribution in [3.63, 3.8) is 0 Å². The Kier molecular flexibility index (Phi) is 8.44. The zero-order valence-corrected chi connectivity index (χ0v) is 18.4. The summed E-state index contributed by atoms with van der Waals surface area (Å²) in [6, 6.07) is 15.8. The van der Waals surface area contributed by atoms with Gasteiger partial charge < -0.3 is 10.2 Å². The van der Waals surface area contributed by atoms with Crippen molar-refractivity contribution in [2.75, 3.05) is 6.54 Å². The summed E-state index contributed by atoms with van der Waals surface area (Å²) in [6.45, 7) is 10.5. The highest BCUT2D eigenvalue weighted by molar-refractivity contribution is 5.88. The van der Waals surface area contributed by atoms with Crippen LogP contribution < -0.4 is 5.32 Å². The van der Waals surface area contributed by atoms with Gasteiger partial charge in [-0.2, -0.15) is 0 Å². The van der Waals surface area contributed by atoms with Gasteiger partial charge in [0.25, 0.3) is 0 Å². The lowest BCUT2D eigenvalue weighted by atomic mass is 10.0. The Balaban J connectivity index is 2.16. The van der Waals surface area contributed by atoms with Crippen LogP contribution >= 0.6 is 0 Å². The molecular formula is C25H34N2O2. The molecule has 0 radical (unpaired) electrons. The predicted molar refractivity (Wildman–Crippen MR) is 119 cm³/mol. The van der Waals surface area contributed by atoms with Crippen LogP contribution in [0.25, 0.3) is 0 Å². The van der Waals surface area contributed by atoms with E-state index in [4.69, 9.17) is 0 Å². The van der Waals surface area contributed by atoms with Crippen LogP contribution in [0, 0.1) is 13.8 Å². The second-order valence-electron chi connectivity index (χ2n) is 7.91. The Morgan fingerprint density at radius 2 is 1.66 bits per heavy atom. The van der Waals surface area contributed by atoms with Crippen LogP contribution in [0.3, 0.4) is 0 Å². The first-order valence-corrected chi connectivity index (χ1v) is 10.5. The highest BCUT2D eigenvalue weighted by Gasteiger charge is 2.26. The molecular weight excluding hydrogens is 360 g/mol. The lowest BCUT2D eigenvalue weighted by Gasteiger charge is -2.30. The number of aryl methyl sites for hydroxylation is 2. The van der Waals surface area contributed by atoms with Crippen molar-refractivity contribution in [1.82, 2.24) is 10.2 Å². The molecule has 0 aliphatic rings. The lowest BCUT2D eigenvalue weighted by Crippen LogP contribution is -2.50. The summed E-state index contributed by atoms with van der Waals surface area (Å²) in [7, 11) is 0. The van der Waals surface area contributed by atoms with E-state index < -0.39 is 6.04 Å². The van der Waals surface area contributed by atoms with E-state index in [-0.39, 0.29) is 17.9 Å². The fraction of sp³-hybridized carbons (Fsp3) is 0.440. The van der Waals surface area contributed by atoms with Crippen molar-refractivity contribution in [2.45, 2.75) is 66.0 Å². The van der Waals surface area contributed by atoms with E-state index in [0.717, 1.165) is 24.0 Å². The van der Waals surface area contributed by atoms with Gasteiger partial charge in [-0.05, 0) is 62.8 Å². The number of amides is 2. The molecule has 0 heterocycles. The molecule has 0 bridgehead atoms. The van der Waals surface area contributed by atoms with Crippen molar-refractivity contribution in [2.24, 2.45) is 0 Å². The minimum Gasteiger partial charge on any atom is -0.352 e. The van der Waals surface area contributed by atoms with E-state index in [1.54, 1.807) is 4.90 Å². The second-order valence-corrected chi connectivity index (χ2v) is 7.91. The molecule has 2 amide bonds. The predicted octanol–water partition coefficient (Wildman–Crippen LogP) is 4.22. The van der Waals surface area contributed by atoms with E-state index in [2.05, 4.69) is 37.4 Å². The van der Waals surface area contributed by atoms with Crippen LogP contribution in [0.1, 0.15) is 49.4 Å². The van der Waals surface area contributed by atoms with Gasteiger partial charge in [-0.25, -0.2) is 0 Å². The molecule has 0 saturated heterocycles. The first-order chi connectivity index (χ1) is 13.8. The van der Waals surface area contributed by atoms with Crippen molar-refractivity contribution < 1.29 is 9.59 Å². The van der Waals surface area contributed by atoms with Gasteiger partial charge >= 0.3 is 0 Å². The quantitative estimate of drug-likeness (QED) is 0.692. The summed E-state index contributed by atoms with van der Waals surface area (Å²) in [5, 5.41) is 3.01. The first-order valence-electron chi connectivity index (χ1n) is 10.5. The number of benzene rings is 2. The van der Waals surface area contributed by atoms with Crippen molar-refractivity contribution >= 4 is 11.8 Å². The maximum atomic E-state index is 13.2. The van der Waals surface area contributed by atoms with Gasteiger partial charge in [0, 0.05) is 12.6 Å². The average Bonchev–Trinajstić information content (AvgIpc) is 2.71. The fourth-order valence-corrected chi connectivity index (χ4v) is 3.23. The second kappa shape index (κ2) is 10.8. The molecule has 1 N–H and O–H groups in total. The van der Waals surface area contributed by atoms with E-state index in [0.29, 0.717) is 13.0 Å². The van der Waals surface area contributed by atoms with Crippen LogP contribution in [-0.4, -0.2) is 35.3 Å². The number of hydrogen-bond donors (Lipinski definition) is 1. The Hall–Kier alpha value is -2.62. The number of nitrogens with one attached hydrogen (secondary N) is 1. The molecule has 29 heavy (non-hydrogen) atoms. The molecule has 0 unspecified atom stereocenters. The molecule has 2 aromatic carbocycles. The van der Waals surface area contributed by atoms with Crippen LogP contribution in [0.15, 0.2) is 48.5 Å². The zero-order valence-electron chi connectivity index (χ0n) is 18.4. The van der Waals surface area contributed by atoms with E-state index in [1.165, 1.54) is 11.1 Å². The summed E-state index contributed by atoms with van der Waals surface area (Å²) >= 11 is 0. The molecule has 0 fully saturated rings. The maximum Gasteiger partial charge on any atom is 0.242 e. The van der Waals surface area contributed by atoms with Gasteiger partial charge in [-0.3, -0.25) is 9.59 Å². The molecule has 2 aromatic rings. The molecule has 156 valence electrons. The van der Waals surface area contributed by atoms with Crippen molar-refractivity contribution in [3.05, 3.63) is 70.8 Å². The Morgan fingerprint density at radius 1 is 0.966 bits per heavy atom. The van der Waals surface area contributed by atoms with Crippen LogP contribution in [0.5, 0.6) is 0 Å². The molecule has 4 nitrogen and oxygen atoms in total. The number of carbonyl (C=O) groups is 2. The third-order valence-corrected chi connectivity index (χ3v) is 5.58. The zero-order chi connectivity index (χ0) is 21.4. The molecule has 0 aliphatic carbocycles. The number of hydrogen-bond acceptors (Lipinski definition) is 2. The molecule has 2 rings (SSSR count). The SMILES string of the molecule is CC[C@@H](C)NC(=O)[C@H](C)N(CCc1ccccc1)C(=O)Cc1ccc(C)c(C)c1. The minimum atomic E-state index is -0.508. The van der Waals surface area contributed by atoms with Gasteiger partial charge in [0.15, 0.2) is 0 Å². The van der Waals surface area contributed by atoms with Gasteiger partial charge in [-0.1, -0.05) is 55.5 Å². The Labute approximate surface area is 175 Å². The Morgan fingerprint density at radius 3 is 2.28 bits per heavy atom. The van der Waals surface area contributed by atoms with Crippen LogP contribution in [-0.2, 0) is 22.4 Å². The number of carbonyl (C=O) groups excluding carboxylic acids is 2. The monoisotopic (exact) mass is 394 g/mol. The third kappa shape index (κ3) is 6.74. The summed E-state index contributed by atoms with van der Waals surface area (Å²) < 4.78 is 0. The molecule has 2 atom stereocenters. The van der Waals surface area contributed by atoms with E-state index >= 15 is 0 Å². The normalized spacial score (nSPS) is 12.9. The van der Waals surface area contributed by atoms with Crippen LogP contribution in [0.4, 0.5) is 0 Å². The molecule has 0 saturated carbocycles. The summed E-state index contributed by atoms with van der Waals surface area (Å²) in [4.78, 5) is 27.6. The highest BCUT2D eigenvalue weighted by atomic mass is 16.2. The molecule has 0 spiro atoms. The van der Waals surface area contributed by atoms with Gasteiger partial charge in [0.2, 0.25) is 11.8 Å². The lowest BCUT2D eigenvalue weighted by molar-refractivity contribution is -0.139. The van der Waals surface area contributed by atoms with Gasteiger partial charge in [-0.15, -0.1) is 0 Å². The van der Waals surface area contributed by atoms with Crippen molar-refractivity contribution in [1.29, 1.82) is 0 Å². The Bertz CT molecular complexity index is 817. The van der Waals surface area contributed by atoms with Crippen LogP contribution in [0.2, 0.25) is 0 Å². The largest absolute Gasteiger partial charge is 0.352 e. The van der Waals surface area contributed by atoms with Gasteiger partial charge in [0.1, 0.15) is 6.04 Å². The average molecular weight is 395 g/mol. The molecule has 0 aromatic heterocycles. The molecule has 4 heteroatoms. The number of nitrogens with zero attached hydrogens (tertiary/aromatic N) is 1. The summed E-state index contributed by atoms with van der Waals surface area (Å²) in [5.74, 6) is -0.114. The summed E-state index contributed by atoms with van der Waals surface area (Å²) in [6.07, 6.45) is 1.89. The van der Waals surface area contributed by atoms with E-state index in [1.807, 2.05) is 51.1 Å². The maximum absolute atomic E-state index is 13.2. The standard InChI is InChI=1S/C25H34N2O2/c1-6-20(4)26-25(29)21(5)27(15-14-22-10-8-7-9-11-22)24(28)17-23-13-12-18(2)19(3)16-23/h7-13,16,20-21H,6,14-15,17H2,1-5H3,(H,26,29)/t20-,21+/m1/s1. The number of rotatable bonds is 9. The third-order valence-electron chi connectivity index (χ3n) is 5.58. The highest BCUT2D eigenvalue weighted by Crippen LogP contribution is 2.13. The smallest absolute Gasteiger partial charge is 0.242 e. The first kappa shape index (κ1) is 22.7. The topological polar surface area (TPSA) is 49.4 Å². The van der Waals surface area contributed by atoms with Gasteiger partial charge in [0.05, 0.1) is 6.42 Å². The summed E-state index contributed by atoms with van der Waals surface area (Å²) in [5.41, 5.74) is 4.53. The fourth-order valence-electron chi connectivity index (χ4n) is 3.23.